The molecule has 4 N–H and O–H groups in total. The number of hydrogen-bond donors (Lipinski definition) is 4. The van der Waals surface area contributed by atoms with Gasteiger partial charge < -0.3 is 30.6 Å². The van der Waals surface area contributed by atoms with Gasteiger partial charge in [-0.3, -0.25) is 0 Å². The van der Waals surface area contributed by atoms with E-state index in [4.69, 9.17) is 0 Å². The average molecular weight is 330 g/mol. The van der Waals surface area contributed by atoms with Crippen LogP contribution < -0.4 is 10.2 Å². The summed E-state index contributed by atoms with van der Waals surface area (Å²) in [5.74, 6) is -3.09. The van der Waals surface area contributed by atoms with Crippen LogP contribution in [0.3, 0.4) is 0 Å². The van der Waals surface area contributed by atoms with Crippen LogP contribution in [0.4, 0.5) is 0 Å². The largest absolute Gasteiger partial charge is 0.851 e. The highest BCUT2D eigenvalue weighted by atomic mass is 16.3. The summed E-state index contributed by atoms with van der Waals surface area (Å²) in [4.78, 5) is 0. The van der Waals surface area contributed by atoms with Crippen LogP contribution >= 0.6 is 0 Å². The van der Waals surface area contributed by atoms with E-state index in [0.29, 0.717) is 11.1 Å². The first-order valence-corrected chi connectivity index (χ1v) is 7.59. The Hall–Kier alpha value is -2.44. The second kappa shape index (κ2) is 5.58. The summed E-state index contributed by atoms with van der Waals surface area (Å²) in [5.41, 5.74) is 1.25. The van der Waals surface area contributed by atoms with Gasteiger partial charge in [0.1, 0.15) is 23.0 Å². The molecule has 1 saturated carbocycles. The lowest BCUT2D eigenvalue weighted by Crippen LogP contribution is -2.63. The molecule has 0 radical (unpaired) electrons. The number of phenolic OH excluding ortho intramolecular Hbond substituents is 4. The van der Waals surface area contributed by atoms with Crippen molar-refractivity contribution in [3.8, 4) is 23.0 Å². The Labute approximate surface area is 138 Å². The Morgan fingerprint density at radius 3 is 1.67 bits per heavy atom. The zero-order valence-corrected chi connectivity index (χ0v) is 13.2. The van der Waals surface area contributed by atoms with E-state index in [1.165, 1.54) is 18.2 Å². The van der Waals surface area contributed by atoms with Crippen molar-refractivity contribution >= 4 is 0 Å². The normalized spacial score (nSPS) is 26.2. The fourth-order valence-electron chi connectivity index (χ4n) is 3.63. The third-order valence-corrected chi connectivity index (χ3v) is 4.71. The lowest BCUT2D eigenvalue weighted by molar-refractivity contribution is -0.536. The van der Waals surface area contributed by atoms with Crippen molar-refractivity contribution in [1.82, 2.24) is 0 Å². The van der Waals surface area contributed by atoms with Crippen molar-refractivity contribution in [2.75, 3.05) is 0 Å². The molecule has 0 spiro atoms. The first-order chi connectivity index (χ1) is 11.2. The SMILES string of the molecule is Cc1cc(O)c(C2C([O-])C(c3c(C)cc(O)cc3O)C2[O-])c(O)c1. The smallest absolute Gasteiger partial charge is 0.122 e. The van der Waals surface area contributed by atoms with Gasteiger partial charge in [0, 0.05) is 11.6 Å². The van der Waals surface area contributed by atoms with Gasteiger partial charge in [0.15, 0.2) is 0 Å². The van der Waals surface area contributed by atoms with E-state index in [-0.39, 0.29) is 34.1 Å². The van der Waals surface area contributed by atoms with Crippen molar-refractivity contribution in [1.29, 1.82) is 0 Å². The van der Waals surface area contributed by atoms with Crippen LogP contribution in [-0.2, 0) is 0 Å². The molecule has 128 valence electrons. The van der Waals surface area contributed by atoms with Gasteiger partial charge in [0.05, 0.1) is 0 Å². The second-order valence-corrected chi connectivity index (χ2v) is 6.39. The molecule has 0 heterocycles. The van der Waals surface area contributed by atoms with E-state index >= 15 is 0 Å². The first kappa shape index (κ1) is 16.4. The summed E-state index contributed by atoms with van der Waals surface area (Å²) in [6, 6.07) is 5.26. The molecule has 2 aromatic rings. The lowest BCUT2D eigenvalue weighted by atomic mass is 9.62. The molecule has 6 heteroatoms. The molecule has 0 aromatic heterocycles. The molecule has 0 aliphatic heterocycles. The minimum Gasteiger partial charge on any atom is -0.851 e. The van der Waals surface area contributed by atoms with Gasteiger partial charge in [0.25, 0.3) is 0 Å². The predicted molar refractivity (Wildman–Crippen MR) is 82.1 cm³/mol. The molecule has 1 aliphatic rings. The van der Waals surface area contributed by atoms with Crippen molar-refractivity contribution < 1.29 is 30.6 Å². The van der Waals surface area contributed by atoms with Gasteiger partial charge in [-0.05, 0) is 60.6 Å². The zero-order valence-electron chi connectivity index (χ0n) is 13.2. The van der Waals surface area contributed by atoms with Crippen LogP contribution in [0.15, 0.2) is 24.3 Å². The first-order valence-electron chi connectivity index (χ1n) is 7.59. The maximum atomic E-state index is 12.6. The van der Waals surface area contributed by atoms with Crippen molar-refractivity contribution in [3.63, 3.8) is 0 Å². The van der Waals surface area contributed by atoms with Crippen LogP contribution in [0.1, 0.15) is 34.1 Å². The van der Waals surface area contributed by atoms with E-state index in [2.05, 4.69) is 0 Å². The summed E-state index contributed by atoms with van der Waals surface area (Å²) in [6.07, 6.45) is -2.83. The van der Waals surface area contributed by atoms with E-state index in [9.17, 15) is 30.6 Å². The van der Waals surface area contributed by atoms with Crippen LogP contribution in [0.25, 0.3) is 0 Å². The van der Waals surface area contributed by atoms with Crippen LogP contribution in [0.2, 0.25) is 0 Å². The summed E-state index contributed by atoms with van der Waals surface area (Å²) in [7, 11) is 0. The fourth-order valence-corrected chi connectivity index (χ4v) is 3.63. The summed E-state index contributed by atoms with van der Waals surface area (Å²) >= 11 is 0. The summed E-state index contributed by atoms with van der Waals surface area (Å²) in [6.45, 7) is 3.27. The fraction of sp³-hybridized carbons (Fsp3) is 0.333. The molecular weight excluding hydrogens is 312 g/mol. The molecule has 0 bridgehead atoms. The molecule has 2 aromatic carbocycles. The molecule has 1 fully saturated rings. The van der Waals surface area contributed by atoms with Gasteiger partial charge in [-0.15, -0.1) is 12.2 Å². The molecule has 0 saturated heterocycles. The summed E-state index contributed by atoms with van der Waals surface area (Å²) in [5, 5.41) is 64.8. The van der Waals surface area contributed by atoms with Crippen molar-refractivity contribution in [2.45, 2.75) is 37.9 Å². The average Bonchev–Trinajstić information content (AvgIpc) is 2.46. The molecule has 1 aliphatic carbocycles. The Bertz CT molecular complexity index is 679. The number of aryl methyl sites for hydroxylation is 2. The third kappa shape index (κ3) is 2.35. The Morgan fingerprint density at radius 1 is 0.708 bits per heavy atom. The van der Waals surface area contributed by atoms with E-state index in [1.807, 2.05) is 0 Å². The van der Waals surface area contributed by atoms with Gasteiger partial charge in [-0.2, -0.15) is 0 Å². The third-order valence-electron chi connectivity index (χ3n) is 4.71. The Morgan fingerprint density at radius 2 is 1.17 bits per heavy atom. The van der Waals surface area contributed by atoms with Crippen LogP contribution in [0.5, 0.6) is 23.0 Å². The number of rotatable bonds is 2. The standard InChI is InChI=1S/C18H18O6/c1-7-3-10(20)14(11(21)4-7)16-17(23)15(18(16)24)13-8(2)5-9(19)6-12(13)22/h3-6,15-22H,1-2H3/q-2. The highest BCUT2D eigenvalue weighted by Crippen LogP contribution is 2.52. The number of benzene rings is 2. The zero-order chi connectivity index (χ0) is 17.8. The van der Waals surface area contributed by atoms with Crippen molar-refractivity contribution in [3.05, 3.63) is 46.5 Å². The van der Waals surface area contributed by atoms with E-state index in [0.717, 1.165) is 6.07 Å². The van der Waals surface area contributed by atoms with E-state index < -0.39 is 24.0 Å². The lowest BCUT2D eigenvalue weighted by Gasteiger charge is -2.62. The highest BCUT2D eigenvalue weighted by Gasteiger charge is 2.42. The molecular formula is C18H18O6-2. The quantitative estimate of drug-likeness (QED) is 0.634. The number of hydrogen-bond acceptors (Lipinski definition) is 6. The molecule has 0 amide bonds. The summed E-state index contributed by atoms with van der Waals surface area (Å²) < 4.78 is 0. The molecule has 24 heavy (non-hydrogen) atoms. The van der Waals surface area contributed by atoms with Crippen LogP contribution in [0, 0.1) is 13.8 Å². The van der Waals surface area contributed by atoms with Gasteiger partial charge in [-0.25, -0.2) is 0 Å². The minimum atomic E-state index is -1.42. The second-order valence-electron chi connectivity index (χ2n) is 6.39. The maximum Gasteiger partial charge on any atom is 0.122 e. The Kier molecular flexibility index (Phi) is 3.81. The van der Waals surface area contributed by atoms with Gasteiger partial charge in [0.2, 0.25) is 0 Å². The van der Waals surface area contributed by atoms with Crippen molar-refractivity contribution in [2.24, 2.45) is 0 Å². The Balaban J connectivity index is 2.00. The minimum absolute atomic E-state index is 0.0345. The van der Waals surface area contributed by atoms with E-state index in [1.54, 1.807) is 13.8 Å². The predicted octanol–water partition coefficient (Wildman–Crippen LogP) is 0.465. The number of aromatic hydroxyl groups is 4. The molecule has 2 atom stereocenters. The molecule has 3 rings (SSSR count). The van der Waals surface area contributed by atoms with Gasteiger partial charge in [-0.1, -0.05) is 0 Å². The van der Waals surface area contributed by atoms with Gasteiger partial charge >= 0.3 is 0 Å². The van der Waals surface area contributed by atoms with Crippen LogP contribution in [-0.4, -0.2) is 32.6 Å². The number of phenols is 4. The maximum absolute atomic E-state index is 12.6. The molecule has 2 unspecified atom stereocenters. The topological polar surface area (TPSA) is 127 Å². The highest BCUT2D eigenvalue weighted by molar-refractivity contribution is 5.54. The monoisotopic (exact) mass is 330 g/mol. The molecule has 6 nitrogen and oxygen atoms in total.